The molecule has 206 valence electrons. The number of pyridine rings is 1. The van der Waals surface area contributed by atoms with Crippen molar-refractivity contribution in [3.63, 3.8) is 0 Å². The lowest BCUT2D eigenvalue weighted by atomic mass is 9.69. The van der Waals surface area contributed by atoms with Gasteiger partial charge in [0, 0.05) is 23.5 Å². The first kappa shape index (κ1) is 25.6. The third-order valence-corrected chi connectivity index (χ3v) is 8.23. The van der Waals surface area contributed by atoms with E-state index in [1.165, 1.54) is 21.9 Å². The number of aromatic amines is 1. The van der Waals surface area contributed by atoms with Gasteiger partial charge in [0.1, 0.15) is 18.1 Å². The molecule has 1 aromatic carbocycles. The van der Waals surface area contributed by atoms with Gasteiger partial charge in [-0.3, -0.25) is 14.7 Å². The minimum Gasteiger partial charge on any atom is -0.489 e. The molecule has 4 heterocycles. The van der Waals surface area contributed by atoms with Crippen LogP contribution in [0.4, 0.5) is 23.2 Å². The van der Waals surface area contributed by atoms with Gasteiger partial charge in [0.25, 0.3) is 0 Å². The molecule has 6 rings (SSSR count). The molecule has 2 aliphatic heterocycles. The number of anilines is 1. The summed E-state index contributed by atoms with van der Waals surface area (Å²) in [6, 6.07) is 5.26. The van der Waals surface area contributed by atoms with E-state index in [1.807, 2.05) is 6.07 Å². The molecule has 2 amide bonds. The summed E-state index contributed by atoms with van der Waals surface area (Å²) in [6.45, 7) is -0.205. The smallest absolute Gasteiger partial charge is 0.391 e. The molecule has 1 saturated heterocycles. The van der Waals surface area contributed by atoms with E-state index in [2.05, 4.69) is 15.2 Å². The van der Waals surface area contributed by atoms with Crippen LogP contribution in [0.15, 0.2) is 36.7 Å². The molecule has 12 heteroatoms. The second-order valence-electron chi connectivity index (χ2n) is 10.6. The number of aromatic nitrogens is 3. The SMILES string of the molecule is O=C(CN1C(=O)C2(CCC(Oc3cnc4[nH]ncc4c3)CC2)c2c(F)cccc21)N1CCC[C@@H]1CC(F)(F)F. The second-order valence-corrected chi connectivity index (χ2v) is 10.6. The van der Waals surface area contributed by atoms with E-state index in [0.717, 1.165) is 5.39 Å². The van der Waals surface area contributed by atoms with Crippen molar-refractivity contribution in [2.75, 3.05) is 18.0 Å². The molecule has 3 aliphatic rings. The predicted octanol–water partition coefficient (Wildman–Crippen LogP) is 4.65. The van der Waals surface area contributed by atoms with Crippen molar-refractivity contribution in [2.45, 2.75) is 68.7 Å². The van der Waals surface area contributed by atoms with Gasteiger partial charge in [0.2, 0.25) is 11.8 Å². The zero-order valence-corrected chi connectivity index (χ0v) is 21.0. The third-order valence-electron chi connectivity index (χ3n) is 8.23. The molecule has 1 atom stereocenters. The zero-order valence-electron chi connectivity index (χ0n) is 21.0. The third kappa shape index (κ3) is 4.59. The fourth-order valence-corrected chi connectivity index (χ4v) is 6.45. The molecular weight excluding hydrogens is 518 g/mol. The van der Waals surface area contributed by atoms with Crippen LogP contribution < -0.4 is 9.64 Å². The summed E-state index contributed by atoms with van der Waals surface area (Å²) < 4.78 is 60.5. The summed E-state index contributed by atoms with van der Waals surface area (Å²) in [7, 11) is 0. The van der Waals surface area contributed by atoms with Crippen molar-refractivity contribution in [2.24, 2.45) is 0 Å². The average Bonchev–Trinajstić information content (AvgIpc) is 3.60. The number of amides is 2. The fourth-order valence-electron chi connectivity index (χ4n) is 6.45. The Morgan fingerprint density at radius 3 is 2.74 bits per heavy atom. The second kappa shape index (κ2) is 9.49. The monoisotopic (exact) mass is 545 g/mol. The highest BCUT2D eigenvalue weighted by Crippen LogP contribution is 2.51. The Morgan fingerprint density at radius 1 is 1.18 bits per heavy atom. The summed E-state index contributed by atoms with van der Waals surface area (Å²) >= 11 is 0. The standard InChI is InChI=1S/C27H27F4N5O3/c28-20-4-1-5-21-23(20)26(8-6-18(7-9-26)39-19-11-16-13-33-34-24(16)32-14-19)25(38)36(21)15-22(37)35-10-2-3-17(35)12-27(29,30)31/h1,4-5,11,13-14,17-18H,2-3,6-10,12,15H2,(H,32,33,34)/t17-,18?,26?/m1/s1. The van der Waals surface area contributed by atoms with Gasteiger partial charge < -0.3 is 14.5 Å². The van der Waals surface area contributed by atoms with Crippen LogP contribution in [-0.4, -0.2) is 63.3 Å². The number of rotatable bonds is 5. The van der Waals surface area contributed by atoms with E-state index in [1.54, 1.807) is 18.5 Å². The minimum atomic E-state index is -4.39. The van der Waals surface area contributed by atoms with E-state index in [4.69, 9.17) is 4.74 Å². The molecule has 3 aromatic rings. The number of ether oxygens (including phenoxy) is 1. The summed E-state index contributed by atoms with van der Waals surface area (Å²) in [5.74, 6) is -0.898. The van der Waals surface area contributed by atoms with Gasteiger partial charge in [-0.25, -0.2) is 9.37 Å². The maximum Gasteiger partial charge on any atom is 0.391 e. The Kier molecular flexibility index (Phi) is 6.22. The number of benzene rings is 1. The number of carbonyl (C=O) groups is 2. The highest BCUT2D eigenvalue weighted by atomic mass is 19.4. The quantitative estimate of drug-likeness (QED) is 0.472. The Morgan fingerprint density at radius 2 is 1.97 bits per heavy atom. The van der Waals surface area contributed by atoms with Gasteiger partial charge in [-0.05, 0) is 56.7 Å². The number of carbonyl (C=O) groups excluding carboxylic acids is 2. The number of nitrogens with one attached hydrogen (secondary N) is 1. The Balaban J connectivity index is 1.20. The van der Waals surface area contributed by atoms with Gasteiger partial charge in [0.05, 0.1) is 36.0 Å². The van der Waals surface area contributed by atoms with Gasteiger partial charge in [0.15, 0.2) is 5.65 Å². The van der Waals surface area contributed by atoms with Crippen LogP contribution in [0.1, 0.15) is 50.5 Å². The number of H-pyrrole nitrogens is 1. The fraction of sp³-hybridized carbons (Fsp3) is 0.481. The van der Waals surface area contributed by atoms with Crippen molar-refractivity contribution < 1.29 is 31.9 Å². The minimum absolute atomic E-state index is 0.210. The van der Waals surface area contributed by atoms with Gasteiger partial charge in [-0.15, -0.1) is 0 Å². The Labute approximate surface area is 221 Å². The molecule has 39 heavy (non-hydrogen) atoms. The lowest BCUT2D eigenvalue weighted by Gasteiger charge is -2.36. The lowest BCUT2D eigenvalue weighted by molar-refractivity contribution is -0.151. The molecule has 2 aromatic heterocycles. The van der Waals surface area contributed by atoms with Gasteiger partial charge in [-0.2, -0.15) is 18.3 Å². The van der Waals surface area contributed by atoms with E-state index < -0.39 is 42.3 Å². The molecule has 0 unspecified atom stereocenters. The topological polar surface area (TPSA) is 91.4 Å². The highest BCUT2D eigenvalue weighted by molar-refractivity contribution is 6.10. The molecule has 1 aliphatic carbocycles. The maximum atomic E-state index is 15.3. The van der Waals surface area contributed by atoms with Crippen LogP contribution in [-0.2, 0) is 15.0 Å². The van der Waals surface area contributed by atoms with Crippen molar-refractivity contribution in [3.8, 4) is 5.75 Å². The zero-order chi connectivity index (χ0) is 27.4. The van der Waals surface area contributed by atoms with E-state index in [9.17, 15) is 22.8 Å². The number of halogens is 4. The van der Waals surface area contributed by atoms with Gasteiger partial charge in [-0.1, -0.05) is 6.07 Å². The van der Waals surface area contributed by atoms with E-state index >= 15 is 4.39 Å². The Bertz CT molecular complexity index is 1420. The molecule has 2 fully saturated rings. The van der Waals surface area contributed by atoms with Crippen molar-refractivity contribution >= 4 is 28.5 Å². The number of hydrogen-bond donors (Lipinski definition) is 1. The molecule has 1 saturated carbocycles. The first-order chi connectivity index (χ1) is 18.6. The average molecular weight is 546 g/mol. The molecule has 0 bridgehead atoms. The first-order valence-corrected chi connectivity index (χ1v) is 13.1. The van der Waals surface area contributed by atoms with Crippen molar-refractivity contribution in [3.05, 3.63) is 48.0 Å². The molecule has 8 nitrogen and oxygen atoms in total. The van der Waals surface area contributed by atoms with Crippen LogP contribution >= 0.6 is 0 Å². The number of likely N-dealkylation sites (tertiary alicyclic amines) is 1. The lowest BCUT2D eigenvalue weighted by Crippen LogP contribution is -2.49. The number of nitrogens with zero attached hydrogens (tertiary/aromatic N) is 4. The summed E-state index contributed by atoms with van der Waals surface area (Å²) in [4.78, 5) is 33.8. The van der Waals surface area contributed by atoms with Crippen molar-refractivity contribution in [1.29, 1.82) is 0 Å². The first-order valence-electron chi connectivity index (χ1n) is 13.1. The van der Waals surface area contributed by atoms with E-state index in [-0.39, 0.29) is 30.5 Å². The van der Waals surface area contributed by atoms with Crippen LogP contribution in [0, 0.1) is 5.82 Å². The summed E-state index contributed by atoms with van der Waals surface area (Å²) in [5.41, 5.74) is 0.0658. The molecular formula is C27H27F4N5O3. The largest absolute Gasteiger partial charge is 0.489 e. The number of alkyl halides is 3. The maximum absolute atomic E-state index is 15.3. The predicted molar refractivity (Wildman–Crippen MR) is 133 cm³/mol. The van der Waals surface area contributed by atoms with Crippen LogP contribution in [0.25, 0.3) is 11.0 Å². The van der Waals surface area contributed by atoms with E-state index in [0.29, 0.717) is 49.2 Å². The Hall–Kier alpha value is -3.70. The molecule has 1 spiro atoms. The summed E-state index contributed by atoms with van der Waals surface area (Å²) in [6.07, 6.45) is -0.122. The highest BCUT2D eigenvalue weighted by Gasteiger charge is 2.54. The molecule has 1 N–H and O–H groups in total. The van der Waals surface area contributed by atoms with Crippen LogP contribution in [0.5, 0.6) is 5.75 Å². The normalized spacial score (nSPS) is 25.1. The van der Waals surface area contributed by atoms with Crippen LogP contribution in [0.2, 0.25) is 0 Å². The van der Waals surface area contributed by atoms with Crippen molar-refractivity contribution in [1.82, 2.24) is 20.1 Å². The van der Waals surface area contributed by atoms with Crippen LogP contribution in [0.3, 0.4) is 0 Å². The number of hydrogen-bond acceptors (Lipinski definition) is 5. The summed E-state index contributed by atoms with van der Waals surface area (Å²) in [5, 5.41) is 7.53. The van der Waals surface area contributed by atoms with Gasteiger partial charge >= 0.3 is 6.18 Å². The number of fused-ring (bicyclic) bond motifs is 3. The molecule has 0 radical (unpaired) electrons.